The summed E-state index contributed by atoms with van der Waals surface area (Å²) in [4.78, 5) is 34.1. The van der Waals surface area contributed by atoms with E-state index < -0.39 is 5.69 Å². The zero-order valence-electron chi connectivity index (χ0n) is 15.1. The van der Waals surface area contributed by atoms with E-state index in [-0.39, 0.29) is 5.56 Å². The maximum absolute atomic E-state index is 12.7. The molecule has 0 spiro atoms. The molecule has 8 heteroatoms. The minimum Gasteiger partial charge on any atom is -0.497 e. The van der Waals surface area contributed by atoms with Gasteiger partial charge in [0.05, 0.1) is 7.11 Å². The van der Waals surface area contributed by atoms with E-state index in [0.29, 0.717) is 27.6 Å². The highest BCUT2D eigenvalue weighted by Gasteiger charge is 2.18. The molecule has 0 bridgehead atoms. The van der Waals surface area contributed by atoms with Crippen molar-refractivity contribution in [2.24, 2.45) is 14.1 Å². The monoisotopic (exact) mass is 372 g/mol. The first-order valence-electron chi connectivity index (χ1n) is 8.23. The number of rotatable bonds is 5. The van der Waals surface area contributed by atoms with E-state index >= 15 is 0 Å². The van der Waals surface area contributed by atoms with E-state index in [1.165, 1.54) is 23.4 Å². The Labute approximate surface area is 154 Å². The Kier molecular flexibility index (Phi) is 5.13. The molecule has 0 aliphatic heterocycles. The lowest BCUT2D eigenvalue weighted by atomic mass is 10.2. The average molecular weight is 372 g/mol. The SMILES string of the molecule is CCCSc1nc(-c2cccc(OC)c2)nc2c1c(=O)n(C)c(=O)n2C. The Morgan fingerprint density at radius 1 is 1.15 bits per heavy atom. The molecule has 26 heavy (non-hydrogen) atoms. The Morgan fingerprint density at radius 3 is 2.62 bits per heavy atom. The highest BCUT2D eigenvalue weighted by molar-refractivity contribution is 7.99. The number of hydrogen-bond acceptors (Lipinski definition) is 6. The van der Waals surface area contributed by atoms with Gasteiger partial charge in [0.25, 0.3) is 5.56 Å². The summed E-state index contributed by atoms with van der Waals surface area (Å²) in [6, 6.07) is 7.39. The minimum atomic E-state index is -0.413. The van der Waals surface area contributed by atoms with Crippen molar-refractivity contribution in [1.82, 2.24) is 19.1 Å². The van der Waals surface area contributed by atoms with Crippen molar-refractivity contribution in [3.05, 3.63) is 45.1 Å². The molecule has 0 aliphatic rings. The fraction of sp³-hybridized carbons (Fsp3) is 0.333. The predicted octanol–water partition coefficient (Wildman–Crippen LogP) is 2.20. The Morgan fingerprint density at radius 2 is 1.92 bits per heavy atom. The fourth-order valence-electron chi connectivity index (χ4n) is 2.62. The largest absolute Gasteiger partial charge is 0.497 e. The molecule has 0 radical (unpaired) electrons. The van der Waals surface area contributed by atoms with E-state index in [1.54, 1.807) is 14.2 Å². The van der Waals surface area contributed by atoms with Gasteiger partial charge in [-0.2, -0.15) is 0 Å². The molecule has 0 aliphatic carbocycles. The van der Waals surface area contributed by atoms with Crippen LogP contribution in [0, 0.1) is 0 Å². The maximum atomic E-state index is 12.7. The van der Waals surface area contributed by atoms with Crippen LogP contribution in [0.2, 0.25) is 0 Å². The highest BCUT2D eigenvalue weighted by Crippen LogP contribution is 2.27. The number of ether oxygens (including phenoxy) is 1. The number of fused-ring (bicyclic) bond motifs is 1. The predicted molar refractivity (Wildman–Crippen MR) is 103 cm³/mol. The van der Waals surface area contributed by atoms with Gasteiger partial charge >= 0.3 is 5.69 Å². The molecule has 1 aromatic carbocycles. The van der Waals surface area contributed by atoms with Crippen LogP contribution in [0.3, 0.4) is 0 Å². The number of aryl methyl sites for hydroxylation is 1. The maximum Gasteiger partial charge on any atom is 0.332 e. The highest BCUT2D eigenvalue weighted by atomic mass is 32.2. The molecule has 0 N–H and O–H groups in total. The second-order valence-corrected chi connectivity index (χ2v) is 6.92. The van der Waals surface area contributed by atoms with Crippen molar-refractivity contribution in [3.8, 4) is 17.1 Å². The quantitative estimate of drug-likeness (QED) is 0.505. The first-order chi connectivity index (χ1) is 12.5. The summed E-state index contributed by atoms with van der Waals surface area (Å²) in [6.45, 7) is 2.06. The third kappa shape index (κ3) is 3.12. The van der Waals surface area contributed by atoms with Gasteiger partial charge < -0.3 is 4.74 Å². The molecule has 0 amide bonds. The van der Waals surface area contributed by atoms with Crippen LogP contribution in [-0.4, -0.2) is 32.0 Å². The summed E-state index contributed by atoms with van der Waals surface area (Å²) < 4.78 is 7.74. The molecular weight excluding hydrogens is 352 g/mol. The van der Waals surface area contributed by atoms with E-state index in [4.69, 9.17) is 4.74 Å². The van der Waals surface area contributed by atoms with Gasteiger partial charge in [-0.1, -0.05) is 19.1 Å². The van der Waals surface area contributed by atoms with Crippen molar-refractivity contribution in [1.29, 1.82) is 0 Å². The molecule has 3 rings (SSSR count). The molecule has 0 unspecified atom stereocenters. The van der Waals surface area contributed by atoms with Gasteiger partial charge in [0, 0.05) is 19.7 Å². The van der Waals surface area contributed by atoms with Gasteiger partial charge in [-0.25, -0.2) is 14.8 Å². The minimum absolute atomic E-state index is 0.338. The number of hydrogen-bond donors (Lipinski definition) is 0. The third-order valence-corrected chi connectivity index (χ3v) is 5.22. The third-order valence-electron chi connectivity index (χ3n) is 4.04. The van der Waals surface area contributed by atoms with Crippen molar-refractivity contribution >= 4 is 22.8 Å². The summed E-state index contributed by atoms with van der Waals surface area (Å²) in [7, 11) is 4.67. The van der Waals surface area contributed by atoms with Crippen molar-refractivity contribution in [3.63, 3.8) is 0 Å². The van der Waals surface area contributed by atoms with Crippen LogP contribution < -0.4 is 16.0 Å². The van der Waals surface area contributed by atoms with Gasteiger partial charge in [0.2, 0.25) is 0 Å². The molecule has 2 heterocycles. The zero-order chi connectivity index (χ0) is 18.8. The van der Waals surface area contributed by atoms with Crippen molar-refractivity contribution in [2.45, 2.75) is 18.4 Å². The zero-order valence-corrected chi connectivity index (χ0v) is 16.0. The molecule has 0 saturated heterocycles. The summed E-state index contributed by atoms with van der Waals surface area (Å²) >= 11 is 1.50. The number of methoxy groups -OCH3 is 1. The smallest absolute Gasteiger partial charge is 0.332 e. The summed E-state index contributed by atoms with van der Waals surface area (Å²) in [5.41, 5.74) is 0.311. The Hall–Kier alpha value is -2.61. The summed E-state index contributed by atoms with van der Waals surface area (Å²) in [5, 5.41) is 0.963. The first-order valence-corrected chi connectivity index (χ1v) is 9.21. The Bertz CT molecular complexity index is 1090. The van der Waals surface area contributed by atoms with Gasteiger partial charge in [0.15, 0.2) is 11.5 Å². The lowest BCUT2D eigenvalue weighted by Gasteiger charge is -2.12. The van der Waals surface area contributed by atoms with Crippen LogP contribution in [-0.2, 0) is 14.1 Å². The van der Waals surface area contributed by atoms with E-state index in [9.17, 15) is 9.59 Å². The number of aromatic nitrogens is 4. The topological polar surface area (TPSA) is 79.0 Å². The van der Waals surface area contributed by atoms with Gasteiger partial charge in [0.1, 0.15) is 16.2 Å². The number of thioether (sulfide) groups is 1. The van der Waals surface area contributed by atoms with Crippen LogP contribution in [0.4, 0.5) is 0 Å². The standard InChI is InChI=1S/C18H20N4O3S/c1-5-9-26-16-13-15(21(2)18(24)22(3)17(13)23)19-14(20-16)11-7-6-8-12(10-11)25-4/h6-8,10H,5,9H2,1-4H3. The van der Waals surface area contributed by atoms with Crippen LogP contribution in [0.5, 0.6) is 5.75 Å². The average Bonchev–Trinajstić information content (AvgIpc) is 2.68. The fourth-order valence-corrected chi connectivity index (χ4v) is 3.49. The summed E-state index contributed by atoms with van der Waals surface area (Å²) in [5.74, 6) is 1.96. The molecule has 7 nitrogen and oxygen atoms in total. The molecular formula is C18H20N4O3S. The van der Waals surface area contributed by atoms with Crippen LogP contribution in [0.1, 0.15) is 13.3 Å². The molecule has 136 valence electrons. The molecule has 0 saturated carbocycles. The lowest BCUT2D eigenvalue weighted by Crippen LogP contribution is -2.37. The van der Waals surface area contributed by atoms with E-state index in [0.717, 1.165) is 22.3 Å². The molecule has 2 aromatic heterocycles. The molecule has 0 atom stereocenters. The lowest BCUT2D eigenvalue weighted by molar-refractivity contribution is 0.415. The van der Waals surface area contributed by atoms with Gasteiger partial charge in [-0.3, -0.25) is 13.9 Å². The second-order valence-electron chi connectivity index (χ2n) is 5.84. The number of benzene rings is 1. The molecule has 0 fully saturated rings. The Balaban J connectivity index is 2.36. The van der Waals surface area contributed by atoms with Gasteiger partial charge in [-0.05, 0) is 24.3 Å². The van der Waals surface area contributed by atoms with Crippen LogP contribution in [0.25, 0.3) is 22.4 Å². The number of nitrogens with zero attached hydrogens (tertiary/aromatic N) is 4. The second kappa shape index (κ2) is 7.33. The van der Waals surface area contributed by atoms with E-state index in [1.807, 2.05) is 24.3 Å². The van der Waals surface area contributed by atoms with Crippen molar-refractivity contribution in [2.75, 3.05) is 12.9 Å². The van der Waals surface area contributed by atoms with Gasteiger partial charge in [-0.15, -0.1) is 11.8 Å². The van der Waals surface area contributed by atoms with Crippen LogP contribution in [0.15, 0.2) is 38.9 Å². The van der Waals surface area contributed by atoms with E-state index in [2.05, 4.69) is 16.9 Å². The van der Waals surface area contributed by atoms with Crippen LogP contribution >= 0.6 is 11.8 Å². The normalized spacial score (nSPS) is 11.1. The summed E-state index contributed by atoms with van der Waals surface area (Å²) in [6.07, 6.45) is 0.941. The molecule has 3 aromatic rings. The first kappa shape index (κ1) is 18.2. The van der Waals surface area contributed by atoms with Crippen molar-refractivity contribution < 1.29 is 4.74 Å².